The van der Waals surface area contributed by atoms with Gasteiger partial charge in [0.1, 0.15) is 11.6 Å². The maximum absolute atomic E-state index is 13.0. The third-order valence-electron chi connectivity index (χ3n) is 3.22. The number of rotatable bonds is 7. The van der Waals surface area contributed by atoms with Crippen LogP contribution in [0.2, 0.25) is 0 Å². The van der Waals surface area contributed by atoms with Crippen molar-refractivity contribution in [3.63, 3.8) is 0 Å². The molecule has 1 N–H and O–H groups in total. The first-order valence-corrected chi connectivity index (χ1v) is 8.30. The molecular weight excluding hydrogens is 377 g/mol. The molecular formula is C18H17BrFNO3. The third kappa shape index (κ3) is 5.16. The molecule has 0 fully saturated rings. The number of ketones is 1. The van der Waals surface area contributed by atoms with Crippen molar-refractivity contribution in [3.8, 4) is 5.75 Å². The average Bonchev–Trinajstić information content (AvgIpc) is 2.54. The molecule has 0 spiro atoms. The molecule has 1 amide bonds. The Labute approximate surface area is 148 Å². The van der Waals surface area contributed by atoms with Crippen LogP contribution in [0.1, 0.15) is 30.1 Å². The number of hydrogen-bond donors (Lipinski definition) is 1. The summed E-state index contributed by atoms with van der Waals surface area (Å²) in [5.41, 5.74) is 1.12. The van der Waals surface area contributed by atoms with Crippen molar-refractivity contribution in [2.75, 3.05) is 11.9 Å². The second-order valence-electron chi connectivity index (χ2n) is 5.16. The van der Waals surface area contributed by atoms with Gasteiger partial charge in [0.15, 0.2) is 12.4 Å². The largest absolute Gasteiger partial charge is 0.484 e. The molecule has 0 aliphatic heterocycles. The standard InChI is InChI=1S/C18H17BrFNO3/c1-2-3-18(23)21-14-7-4-12(5-8-14)16(22)11-24-17-9-6-13(20)10-15(17)19/h4-10H,2-3,11H2,1H3,(H,21,23). The minimum Gasteiger partial charge on any atom is -0.484 e. The molecule has 0 atom stereocenters. The molecule has 2 aromatic rings. The van der Waals surface area contributed by atoms with Crippen molar-refractivity contribution in [1.82, 2.24) is 0 Å². The predicted molar refractivity (Wildman–Crippen MR) is 93.9 cm³/mol. The molecule has 0 saturated heterocycles. The second kappa shape index (κ2) is 8.59. The molecule has 2 rings (SSSR count). The van der Waals surface area contributed by atoms with Gasteiger partial charge in [0.2, 0.25) is 5.91 Å². The molecule has 0 aromatic heterocycles. The summed E-state index contributed by atoms with van der Waals surface area (Å²) in [6.07, 6.45) is 1.24. The fraction of sp³-hybridized carbons (Fsp3) is 0.222. The van der Waals surface area contributed by atoms with E-state index in [1.165, 1.54) is 18.2 Å². The first kappa shape index (κ1) is 18.1. The van der Waals surface area contributed by atoms with Crippen molar-refractivity contribution in [3.05, 3.63) is 58.3 Å². The highest BCUT2D eigenvalue weighted by molar-refractivity contribution is 9.10. The Balaban J connectivity index is 1.93. The molecule has 4 nitrogen and oxygen atoms in total. The number of nitrogens with one attached hydrogen (secondary N) is 1. The Morgan fingerprint density at radius 2 is 1.88 bits per heavy atom. The molecule has 0 aliphatic rings. The Bertz CT molecular complexity index is 732. The van der Waals surface area contributed by atoms with Crippen LogP contribution in [0.15, 0.2) is 46.9 Å². The van der Waals surface area contributed by atoms with E-state index in [-0.39, 0.29) is 24.1 Å². The molecule has 0 radical (unpaired) electrons. The lowest BCUT2D eigenvalue weighted by atomic mass is 10.1. The van der Waals surface area contributed by atoms with E-state index in [0.717, 1.165) is 6.42 Å². The van der Waals surface area contributed by atoms with Gasteiger partial charge in [-0.25, -0.2) is 4.39 Å². The molecule has 126 valence electrons. The van der Waals surface area contributed by atoms with Crippen molar-refractivity contribution in [2.45, 2.75) is 19.8 Å². The zero-order valence-corrected chi connectivity index (χ0v) is 14.7. The maximum atomic E-state index is 13.0. The fourth-order valence-electron chi connectivity index (χ4n) is 2.01. The number of amides is 1. The molecule has 6 heteroatoms. The molecule has 0 aliphatic carbocycles. The number of hydrogen-bond acceptors (Lipinski definition) is 3. The van der Waals surface area contributed by atoms with Crippen LogP contribution in [0.5, 0.6) is 5.75 Å². The Hall–Kier alpha value is -2.21. The van der Waals surface area contributed by atoms with Gasteiger partial charge in [0, 0.05) is 17.7 Å². The normalized spacial score (nSPS) is 10.3. The summed E-state index contributed by atoms with van der Waals surface area (Å²) in [4.78, 5) is 23.6. The topological polar surface area (TPSA) is 55.4 Å². The molecule has 0 bridgehead atoms. The quantitative estimate of drug-likeness (QED) is 0.699. The lowest BCUT2D eigenvalue weighted by molar-refractivity contribution is -0.116. The first-order valence-electron chi connectivity index (χ1n) is 7.50. The highest BCUT2D eigenvalue weighted by atomic mass is 79.9. The van der Waals surface area contributed by atoms with E-state index in [9.17, 15) is 14.0 Å². The van der Waals surface area contributed by atoms with Crippen LogP contribution in [0.3, 0.4) is 0 Å². The number of anilines is 1. The van der Waals surface area contributed by atoms with Gasteiger partial charge in [0.25, 0.3) is 0 Å². The average molecular weight is 394 g/mol. The van der Waals surface area contributed by atoms with Gasteiger partial charge in [-0.3, -0.25) is 9.59 Å². The van der Waals surface area contributed by atoms with Gasteiger partial charge in [-0.05, 0) is 64.8 Å². The van der Waals surface area contributed by atoms with E-state index in [2.05, 4.69) is 21.2 Å². The molecule has 0 heterocycles. The molecule has 0 unspecified atom stereocenters. The number of carbonyl (C=O) groups excluding carboxylic acids is 2. The van der Waals surface area contributed by atoms with Crippen LogP contribution in [0.25, 0.3) is 0 Å². The van der Waals surface area contributed by atoms with Crippen LogP contribution in [-0.4, -0.2) is 18.3 Å². The van der Waals surface area contributed by atoms with E-state index < -0.39 is 0 Å². The third-order valence-corrected chi connectivity index (χ3v) is 3.84. The predicted octanol–water partition coefficient (Wildman–Crippen LogP) is 4.59. The maximum Gasteiger partial charge on any atom is 0.224 e. The van der Waals surface area contributed by atoms with Gasteiger partial charge in [-0.15, -0.1) is 0 Å². The smallest absolute Gasteiger partial charge is 0.224 e. The summed E-state index contributed by atoms with van der Waals surface area (Å²) in [6, 6.07) is 10.6. The minimum atomic E-state index is -0.388. The highest BCUT2D eigenvalue weighted by Crippen LogP contribution is 2.25. The summed E-state index contributed by atoms with van der Waals surface area (Å²) >= 11 is 3.18. The lowest BCUT2D eigenvalue weighted by Gasteiger charge is -2.08. The monoisotopic (exact) mass is 393 g/mol. The Kier molecular flexibility index (Phi) is 6.49. The van der Waals surface area contributed by atoms with E-state index in [1.807, 2.05) is 6.92 Å². The van der Waals surface area contributed by atoms with E-state index in [4.69, 9.17) is 4.74 Å². The van der Waals surface area contributed by atoms with Crippen LogP contribution >= 0.6 is 15.9 Å². The first-order chi connectivity index (χ1) is 11.5. The van der Waals surface area contributed by atoms with Crippen molar-refractivity contribution >= 4 is 33.3 Å². The number of benzene rings is 2. The molecule has 2 aromatic carbocycles. The van der Waals surface area contributed by atoms with E-state index in [0.29, 0.717) is 27.9 Å². The SMILES string of the molecule is CCCC(=O)Nc1ccc(C(=O)COc2ccc(F)cc2Br)cc1. The van der Waals surface area contributed by atoms with Crippen LogP contribution in [0.4, 0.5) is 10.1 Å². The Morgan fingerprint density at radius 3 is 2.50 bits per heavy atom. The van der Waals surface area contributed by atoms with Crippen LogP contribution in [-0.2, 0) is 4.79 Å². The van der Waals surface area contributed by atoms with Crippen LogP contribution in [0, 0.1) is 5.82 Å². The zero-order chi connectivity index (χ0) is 17.5. The number of ether oxygens (including phenoxy) is 1. The molecule has 24 heavy (non-hydrogen) atoms. The second-order valence-corrected chi connectivity index (χ2v) is 6.02. The van der Waals surface area contributed by atoms with Gasteiger partial charge in [-0.2, -0.15) is 0 Å². The van der Waals surface area contributed by atoms with Crippen molar-refractivity contribution in [1.29, 1.82) is 0 Å². The van der Waals surface area contributed by atoms with E-state index in [1.54, 1.807) is 24.3 Å². The highest BCUT2D eigenvalue weighted by Gasteiger charge is 2.10. The van der Waals surface area contributed by atoms with Gasteiger partial charge < -0.3 is 10.1 Å². The number of Topliss-reactive ketones (excluding diaryl/α,β-unsaturated/α-hetero) is 1. The summed E-state index contributed by atoms with van der Waals surface area (Å²) in [5.74, 6) is -0.256. The molecule has 0 saturated carbocycles. The van der Waals surface area contributed by atoms with Gasteiger partial charge in [-0.1, -0.05) is 6.92 Å². The lowest BCUT2D eigenvalue weighted by Crippen LogP contribution is -2.13. The summed E-state index contributed by atoms with van der Waals surface area (Å²) in [7, 11) is 0. The fourth-order valence-corrected chi connectivity index (χ4v) is 2.47. The number of carbonyl (C=O) groups is 2. The number of halogens is 2. The van der Waals surface area contributed by atoms with Crippen molar-refractivity contribution < 1.29 is 18.7 Å². The van der Waals surface area contributed by atoms with Gasteiger partial charge >= 0.3 is 0 Å². The van der Waals surface area contributed by atoms with Gasteiger partial charge in [0.05, 0.1) is 4.47 Å². The van der Waals surface area contributed by atoms with Crippen LogP contribution < -0.4 is 10.1 Å². The zero-order valence-electron chi connectivity index (χ0n) is 13.1. The summed E-state index contributed by atoms with van der Waals surface area (Å²) < 4.78 is 18.9. The minimum absolute atomic E-state index is 0.0546. The summed E-state index contributed by atoms with van der Waals surface area (Å²) in [6.45, 7) is 1.77. The van der Waals surface area contributed by atoms with Crippen molar-refractivity contribution in [2.24, 2.45) is 0 Å². The Morgan fingerprint density at radius 1 is 1.17 bits per heavy atom. The van der Waals surface area contributed by atoms with E-state index >= 15 is 0 Å². The summed E-state index contributed by atoms with van der Waals surface area (Å²) in [5, 5.41) is 2.76.